The molecule has 2 aliphatic carbocycles. The largest absolute Gasteiger partial charge is 0.481 e. The Labute approximate surface area is 202 Å². The molecule has 2 aromatic heterocycles. The molecule has 0 atom stereocenters. The zero-order valence-corrected chi connectivity index (χ0v) is 20.4. The van der Waals surface area contributed by atoms with Crippen molar-refractivity contribution in [2.75, 3.05) is 0 Å². The molecule has 2 aromatic carbocycles. The predicted molar refractivity (Wildman–Crippen MR) is 131 cm³/mol. The van der Waals surface area contributed by atoms with Crippen molar-refractivity contribution >= 4 is 27.8 Å². The van der Waals surface area contributed by atoms with E-state index in [1.54, 1.807) is 13.0 Å². The molecule has 2 heterocycles. The minimum atomic E-state index is -0.715. The number of carbonyl (C=O) groups is 1. The number of benzene rings is 2. The van der Waals surface area contributed by atoms with Crippen LogP contribution in [0.15, 0.2) is 24.3 Å². The van der Waals surface area contributed by atoms with Crippen LogP contribution < -0.4 is 0 Å². The lowest BCUT2D eigenvalue weighted by atomic mass is 9.47. The van der Waals surface area contributed by atoms with Gasteiger partial charge in [-0.2, -0.15) is 5.10 Å². The van der Waals surface area contributed by atoms with Crippen LogP contribution in [0.1, 0.15) is 73.9 Å². The molecule has 0 saturated heterocycles. The van der Waals surface area contributed by atoms with Gasteiger partial charge in [0.05, 0.1) is 11.4 Å². The van der Waals surface area contributed by atoms with E-state index in [9.17, 15) is 14.3 Å². The monoisotopic (exact) mass is 477 g/mol. The number of rotatable bonds is 4. The summed E-state index contributed by atoms with van der Waals surface area (Å²) in [5, 5.41) is 17.8. The standard InChI is InChI=1S/C28H29F2N3O2/c1-13(2)26-22(16-9-28(10-16)11-17(12-28)27(34)35)23-21(8-19-15(4)31-32-25(19)24(23)30)33(26)18-5-6-20(29)14(3)7-18/h5-8,13,16-17H,9-12H2,1-4H3,(H,31,32)(H,34,35). The number of hydrogen-bond acceptors (Lipinski definition) is 2. The van der Waals surface area contributed by atoms with Gasteiger partial charge in [0.2, 0.25) is 0 Å². The second-order valence-electron chi connectivity index (χ2n) is 11.1. The molecule has 182 valence electrons. The average molecular weight is 478 g/mol. The molecule has 2 fully saturated rings. The zero-order valence-electron chi connectivity index (χ0n) is 20.4. The highest BCUT2D eigenvalue weighted by Crippen LogP contribution is 2.65. The molecule has 2 aliphatic rings. The first-order chi connectivity index (χ1) is 16.6. The lowest BCUT2D eigenvalue weighted by molar-refractivity contribution is -0.155. The number of aliphatic carboxylic acids is 1. The van der Waals surface area contributed by atoms with Gasteiger partial charge in [-0.1, -0.05) is 13.8 Å². The summed E-state index contributed by atoms with van der Waals surface area (Å²) in [6.45, 7) is 7.84. The molecule has 0 amide bonds. The second-order valence-corrected chi connectivity index (χ2v) is 11.1. The number of hydrogen-bond donors (Lipinski definition) is 2. The molecular formula is C28H29F2N3O2. The van der Waals surface area contributed by atoms with E-state index in [1.807, 2.05) is 19.1 Å². The topological polar surface area (TPSA) is 70.9 Å². The van der Waals surface area contributed by atoms with Gasteiger partial charge in [0.25, 0.3) is 0 Å². The van der Waals surface area contributed by atoms with Crippen molar-refractivity contribution in [3.8, 4) is 5.69 Å². The van der Waals surface area contributed by atoms with Crippen LogP contribution >= 0.6 is 0 Å². The van der Waals surface area contributed by atoms with E-state index in [0.29, 0.717) is 29.3 Å². The Morgan fingerprint density at radius 1 is 1.17 bits per heavy atom. The summed E-state index contributed by atoms with van der Waals surface area (Å²) >= 11 is 0. The van der Waals surface area contributed by atoms with Crippen molar-refractivity contribution in [1.82, 2.24) is 14.8 Å². The van der Waals surface area contributed by atoms with Crippen LogP contribution in [0.2, 0.25) is 0 Å². The van der Waals surface area contributed by atoms with Gasteiger partial charge in [-0.25, -0.2) is 8.78 Å². The molecule has 0 bridgehead atoms. The lowest BCUT2D eigenvalue weighted by Gasteiger charge is -2.57. The lowest BCUT2D eigenvalue weighted by Crippen LogP contribution is -2.49. The van der Waals surface area contributed by atoms with Crippen LogP contribution in [-0.2, 0) is 4.79 Å². The summed E-state index contributed by atoms with van der Waals surface area (Å²) in [4.78, 5) is 11.4. The molecule has 35 heavy (non-hydrogen) atoms. The molecule has 2 N–H and O–H groups in total. The maximum absolute atomic E-state index is 16.2. The highest BCUT2D eigenvalue weighted by Gasteiger charge is 2.56. The first kappa shape index (κ1) is 22.3. The van der Waals surface area contributed by atoms with Gasteiger partial charge in [0.1, 0.15) is 11.3 Å². The van der Waals surface area contributed by atoms with E-state index in [0.717, 1.165) is 46.4 Å². The van der Waals surface area contributed by atoms with Crippen molar-refractivity contribution in [2.24, 2.45) is 11.3 Å². The zero-order chi connectivity index (χ0) is 24.8. The smallest absolute Gasteiger partial charge is 0.306 e. The summed E-state index contributed by atoms with van der Waals surface area (Å²) < 4.78 is 32.5. The van der Waals surface area contributed by atoms with E-state index in [4.69, 9.17) is 0 Å². The van der Waals surface area contributed by atoms with Crippen LogP contribution in [0, 0.1) is 36.8 Å². The fourth-order valence-electron chi connectivity index (χ4n) is 6.74. The van der Waals surface area contributed by atoms with Crippen LogP contribution in [0.3, 0.4) is 0 Å². The molecule has 0 radical (unpaired) electrons. The highest BCUT2D eigenvalue weighted by molar-refractivity contribution is 6.01. The third-order valence-electron chi connectivity index (χ3n) is 8.41. The normalized spacial score (nSPS) is 23.9. The van der Waals surface area contributed by atoms with Gasteiger partial charge < -0.3 is 9.67 Å². The number of carboxylic acid groups (broad SMARTS) is 1. The van der Waals surface area contributed by atoms with E-state index in [1.165, 1.54) is 6.07 Å². The molecule has 1 spiro atoms. The second kappa shape index (κ2) is 7.39. The van der Waals surface area contributed by atoms with E-state index in [2.05, 4.69) is 28.6 Å². The summed E-state index contributed by atoms with van der Waals surface area (Å²) in [6.07, 6.45) is 3.15. The fourth-order valence-corrected chi connectivity index (χ4v) is 6.74. The van der Waals surface area contributed by atoms with E-state index >= 15 is 4.39 Å². The number of aromatic nitrogens is 3. The summed E-state index contributed by atoms with van der Waals surface area (Å²) in [5.74, 6) is -1.31. The Hall–Kier alpha value is -3.22. The third-order valence-corrected chi connectivity index (χ3v) is 8.41. The number of fused-ring (bicyclic) bond motifs is 2. The van der Waals surface area contributed by atoms with Crippen LogP contribution in [0.5, 0.6) is 0 Å². The first-order valence-electron chi connectivity index (χ1n) is 12.3. The maximum atomic E-state index is 16.2. The Balaban J connectivity index is 1.59. The van der Waals surface area contributed by atoms with Gasteiger partial charge in [0.15, 0.2) is 5.82 Å². The van der Waals surface area contributed by atoms with Gasteiger partial charge in [-0.3, -0.25) is 9.89 Å². The number of nitrogens with zero attached hydrogens (tertiary/aromatic N) is 2. The molecule has 2 saturated carbocycles. The Morgan fingerprint density at radius 2 is 1.89 bits per heavy atom. The Bertz CT molecular complexity index is 1520. The van der Waals surface area contributed by atoms with Gasteiger partial charge in [-0.15, -0.1) is 0 Å². The van der Waals surface area contributed by atoms with Gasteiger partial charge in [0, 0.05) is 27.8 Å². The average Bonchev–Trinajstić information content (AvgIpc) is 3.27. The molecular weight excluding hydrogens is 448 g/mol. The minimum absolute atomic E-state index is 0.0619. The minimum Gasteiger partial charge on any atom is -0.481 e. The van der Waals surface area contributed by atoms with Crippen molar-refractivity contribution in [3.63, 3.8) is 0 Å². The molecule has 6 rings (SSSR count). The van der Waals surface area contributed by atoms with Crippen molar-refractivity contribution in [2.45, 2.75) is 65.2 Å². The predicted octanol–water partition coefficient (Wildman–Crippen LogP) is 6.88. The van der Waals surface area contributed by atoms with Crippen molar-refractivity contribution in [3.05, 3.63) is 58.4 Å². The Morgan fingerprint density at radius 3 is 2.51 bits per heavy atom. The maximum Gasteiger partial charge on any atom is 0.306 e. The third kappa shape index (κ3) is 3.09. The van der Waals surface area contributed by atoms with Crippen LogP contribution in [0.4, 0.5) is 8.78 Å². The van der Waals surface area contributed by atoms with E-state index < -0.39 is 5.97 Å². The van der Waals surface area contributed by atoms with Crippen LogP contribution in [-0.4, -0.2) is 25.8 Å². The molecule has 7 heteroatoms. The molecule has 4 aromatic rings. The van der Waals surface area contributed by atoms with Gasteiger partial charge in [-0.05, 0) is 92.2 Å². The number of H-pyrrole nitrogens is 1. The summed E-state index contributed by atoms with van der Waals surface area (Å²) in [7, 11) is 0. The molecule has 0 unspecified atom stereocenters. The SMILES string of the molecule is Cc1cc(-n2c(C(C)C)c(C3CC4(CC(C(=O)O)C4)C3)c3c(F)c4n[nH]c(C)c4cc32)ccc1F. The summed E-state index contributed by atoms with van der Waals surface area (Å²) in [6, 6.07) is 7.05. The quantitative estimate of drug-likeness (QED) is 0.336. The number of nitrogens with one attached hydrogen (secondary N) is 1. The van der Waals surface area contributed by atoms with Gasteiger partial charge >= 0.3 is 5.97 Å². The highest BCUT2D eigenvalue weighted by atomic mass is 19.1. The first-order valence-corrected chi connectivity index (χ1v) is 12.3. The van der Waals surface area contributed by atoms with Crippen molar-refractivity contribution in [1.29, 1.82) is 0 Å². The van der Waals surface area contributed by atoms with E-state index in [-0.39, 0.29) is 34.8 Å². The Kier molecular flexibility index (Phi) is 4.70. The van der Waals surface area contributed by atoms with Crippen molar-refractivity contribution < 1.29 is 18.7 Å². The van der Waals surface area contributed by atoms with Crippen LogP contribution in [0.25, 0.3) is 27.5 Å². The number of carboxylic acids is 1. The number of halogens is 2. The molecule has 5 nitrogen and oxygen atoms in total. The number of aromatic amines is 1. The molecule has 0 aliphatic heterocycles. The number of aryl methyl sites for hydroxylation is 2. The fraction of sp³-hybridized carbons (Fsp3) is 0.429. The summed E-state index contributed by atoms with van der Waals surface area (Å²) in [5.41, 5.74) is 5.35.